The molecule has 0 aliphatic rings. The van der Waals surface area contributed by atoms with Gasteiger partial charge in [0.05, 0.1) is 4.90 Å². The van der Waals surface area contributed by atoms with E-state index < -0.39 is 10.0 Å². The van der Waals surface area contributed by atoms with Crippen LogP contribution >= 0.6 is 11.6 Å². The van der Waals surface area contributed by atoms with Crippen LogP contribution in [0, 0.1) is 0 Å². The molecule has 0 amide bonds. The van der Waals surface area contributed by atoms with Gasteiger partial charge in [-0.25, -0.2) is 13.1 Å². The third-order valence-corrected chi connectivity index (χ3v) is 4.87. The highest BCUT2D eigenvalue weighted by atomic mass is 35.5. The van der Waals surface area contributed by atoms with Crippen molar-refractivity contribution in [1.82, 2.24) is 15.0 Å². The molecule has 1 aromatic heterocycles. The molecule has 21 heavy (non-hydrogen) atoms. The lowest BCUT2D eigenvalue weighted by Gasteiger charge is -2.14. The summed E-state index contributed by atoms with van der Waals surface area (Å²) in [5.74, 6) is 0. The smallest absolute Gasteiger partial charge is 0.242 e. The van der Waals surface area contributed by atoms with Crippen molar-refractivity contribution in [2.75, 3.05) is 7.05 Å². The number of aromatic nitrogens is 1. The van der Waals surface area contributed by atoms with Gasteiger partial charge in [0.2, 0.25) is 10.0 Å². The van der Waals surface area contributed by atoms with Crippen LogP contribution in [0.5, 0.6) is 0 Å². The molecule has 0 aliphatic carbocycles. The van der Waals surface area contributed by atoms with Gasteiger partial charge in [0.25, 0.3) is 0 Å². The largest absolute Gasteiger partial charge is 0.363 e. The molecular formula is C14H18ClN3O2S. The van der Waals surface area contributed by atoms with E-state index in [1.807, 2.05) is 0 Å². The SMILES string of the molecule is CNCc1cc(S(=O)(=O)NC(C)c2ccc(Cl)cc2)c[nH]1. The fourth-order valence-electron chi connectivity index (χ4n) is 1.99. The summed E-state index contributed by atoms with van der Waals surface area (Å²) < 4.78 is 27.3. The molecule has 5 nitrogen and oxygen atoms in total. The van der Waals surface area contributed by atoms with Gasteiger partial charge < -0.3 is 10.3 Å². The summed E-state index contributed by atoms with van der Waals surface area (Å²) in [6, 6.07) is 8.37. The van der Waals surface area contributed by atoms with E-state index >= 15 is 0 Å². The molecule has 1 unspecified atom stereocenters. The van der Waals surface area contributed by atoms with E-state index in [4.69, 9.17) is 11.6 Å². The number of rotatable bonds is 6. The lowest BCUT2D eigenvalue weighted by atomic mass is 10.1. The number of sulfonamides is 1. The van der Waals surface area contributed by atoms with Crippen LogP contribution in [0.25, 0.3) is 0 Å². The highest BCUT2D eigenvalue weighted by Gasteiger charge is 2.19. The topological polar surface area (TPSA) is 74.0 Å². The predicted octanol–water partition coefficient (Wildman–Crippen LogP) is 2.43. The van der Waals surface area contributed by atoms with Crippen LogP contribution in [0.4, 0.5) is 0 Å². The van der Waals surface area contributed by atoms with E-state index in [1.54, 1.807) is 44.3 Å². The van der Waals surface area contributed by atoms with Crippen LogP contribution in [-0.2, 0) is 16.6 Å². The number of nitrogens with one attached hydrogen (secondary N) is 3. The van der Waals surface area contributed by atoms with Crippen molar-refractivity contribution in [3.8, 4) is 0 Å². The van der Waals surface area contributed by atoms with Gasteiger partial charge in [-0.1, -0.05) is 23.7 Å². The van der Waals surface area contributed by atoms with E-state index in [-0.39, 0.29) is 10.9 Å². The highest BCUT2D eigenvalue weighted by Crippen LogP contribution is 2.19. The van der Waals surface area contributed by atoms with Crippen LogP contribution in [0.3, 0.4) is 0 Å². The Labute approximate surface area is 129 Å². The second-order valence-corrected chi connectivity index (χ2v) is 6.94. The van der Waals surface area contributed by atoms with Gasteiger partial charge in [-0.2, -0.15) is 0 Å². The number of aromatic amines is 1. The first kappa shape index (κ1) is 16.0. The minimum absolute atomic E-state index is 0.230. The Hall–Kier alpha value is -1.34. The number of hydrogen-bond acceptors (Lipinski definition) is 3. The first-order valence-electron chi connectivity index (χ1n) is 6.52. The van der Waals surface area contributed by atoms with Gasteiger partial charge in [0.15, 0.2) is 0 Å². The minimum Gasteiger partial charge on any atom is -0.363 e. The van der Waals surface area contributed by atoms with Crippen molar-refractivity contribution in [3.63, 3.8) is 0 Å². The Balaban J connectivity index is 2.14. The fraction of sp³-hybridized carbons (Fsp3) is 0.286. The molecule has 1 atom stereocenters. The molecular weight excluding hydrogens is 310 g/mol. The number of halogens is 1. The molecule has 0 spiro atoms. The van der Waals surface area contributed by atoms with Crippen LogP contribution in [0.15, 0.2) is 41.4 Å². The van der Waals surface area contributed by atoms with Gasteiger partial charge in [0, 0.05) is 29.5 Å². The van der Waals surface area contributed by atoms with Gasteiger partial charge in [0.1, 0.15) is 0 Å². The molecule has 0 saturated carbocycles. The fourth-order valence-corrected chi connectivity index (χ4v) is 3.36. The third-order valence-electron chi connectivity index (χ3n) is 3.10. The van der Waals surface area contributed by atoms with E-state index in [0.29, 0.717) is 11.6 Å². The summed E-state index contributed by atoms with van der Waals surface area (Å²) in [7, 11) is -1.76. The van der Waals surface area contributed by atoms with Crippen molar-refractivity contribution in [3.05, 3.63) is 52.8 Å². The molecule has 0 saturated heterocycles. The first-order chi connectivity index (χ1) is 9.92. The Bertz CT molecular complexity index is 695. The average molecular weight is 328 g/mol. The molecule has 7 heteroatoms. The number of hydrogen-bond donors (Lipinski definition) is 3. The zero-order valence-electron chi connectivity index (χ0n) is 11.9. The second-order valence-electron chi connectivity index (χ2n) is 4.79. The van der Waals surface area contributed by atoms with Crippen molar-refractivity contribution in [2.45, 2.75) is 24.4 Å². The molecule has 0 aliphatic heterocycles. The van der Waals surface area contributed by atoms with E-state index in [0.717, 1.165) is 11.3 Å². The summed E-state index contributed by atoms with van der Waals surface area (Å²) in [5.41, 5.74) is 1.67. The maximum absolute atomic E-state index is 12.3. The molecule has 1 aromatic carbocycles. The van der Waals surface area contributed by atoms with Gasteiger partial charge >= 0.3 is 0 Å². The molecule has 0 fully saturated rings. The monoisotopic (exact) mass is 327 g/mol. The third kappa shape index (κ3) is 4.07. The van der Waals surface area contributed by atoms with E-state index in [9.17, 15) is 8.42 Å². The van der Waals surface area contributed by atoms with Gasteiger partial charge in [-0.05, 0) is 37.7 Å². The minimum atomic E-state index is -3.56. The Morgan fingerprint density at radius 3 is 2.57 bits per heavy atom. The van der Waals surface area contributed by atoms with Crippen molar-refractivity contribution < 1.29 is 8.42 Å². The quantitative estimate of drug-likeness (QED) is 0.763. The van der Waals surface area contributed by atoms with Crippen molar-refractivity contribution in [2.24, 2.45) is 0 Å². The lowest BCUT2D eigenvalue weighted by molar-refractivity contribution is 0.567. The zero-order valence-corrected chi connectivity index (χ0v) is 13.4. The van der Waals surface area contributed by atoms with Crippen LogP contribution in [-0.4, -0.2) is 20.4 Å². The summed E-state index contributed by atoms with van der Waals surface area (Å²) >= 11 is 5.83. The van der Waals surface area contributed by atoms with Gasteiger partial charge in [-0.15, -0.1) is 0 Å². The molecule has 2 aromatic rings. The van der Waals surface area contributed by atoms with Crippen LogP contribution in [0.2, 0.25) is 5.02 Å². The molecule has 1 heterocycles. The Morgan fingerprint density at radius 2 is 1.95 bits per heavy atom. The second kappa shape index (κ2) is 6.62. The van der Waals surface area contributed by atoms with E-state index in [2.05, 4.69) is 15.0 Å². The first-order valence-corrected chi connectivity index (χ1v) is 8.38. The summed E-state index contributed by atoms with van der Waals surface area (Å²) in [6.45, 7) is 2.38. The predicted molar refractivity (Wildman–Crippen MR) is 83.7 cm³/mol. The number of benzene rings is 1. The van der Waals surface area contributed by atoms with Gasteiger partial charge in [-0.3, -0.25) is 0 Å². The van der Waals surface area contributed by atoms with E-state index in [1.165, 1.54) is 6.20 Å². The number of H-pyrrole nitrogens is 1. The molecule has 0 radical (unpaired) electrons. The standard InChI is InChI=1S/C14H18ClN3O2S/c1-10(11-3-5-12(15)6-4-11)18-21(19,20)14-7-13(8-16-2)17-9-14/h3-7,9-10,16-18H,8H2,1-2H3. The lowest BCUT2D eigenvalue weighted by Crippen LogP contribution is -2.26. The Morgan fingerprint density at radius 1 is 1.29 bits per heavy atom. The van der Waals surface area contributed by atoms with Crippen molar-refractivity contribution >= 4 is 21.6 Å². The van der Waals surface area contributed by atoms with Crippen molar-refractivity contribution in [1.29, 1.82) is 0 Å². The molecule has 114 valence electrons. The highest BCUT2D eigenvalue weighted by molar-refractivity contribution is 7.89. The Kier molecular flexibility index (Phi) is 5.05. The molecule has 2 rings (SSSR count). The normalized spacial score (nSPS) is 13.3. The zero-order chi connectivity index (χ0) is 15.5. The average Bonchev–Trinajstić information content (AvgIpc) is 2.89. The maximum Gasteiger partial charge on any atom is 0.242 e. The summed E-state index contributed by atoms with van der Waals surface area (Å²) in [4.78, 5) is 3.16. The van der Waals surface area contributed by atoms with Crippen LogP contribution < -0.4 is 10.0 Å². The summed E-state index contributed by atoms with van der Waals surface area (Å²) in [5, 5.41) is 3.58. The molecule has 0 bridgehead atoms. The summed E-state index contributed by atoms with van der Waals surface area (Å²) in [6.07, 6.45) is 1.49. The van der Waals surface area contributed by atoms with Crippen LogP contribution in [0.1, 0.15) is 24.2 Å². The maximum atomic E-state index is 12.3. The molecule has 3 N–H and O–H groups in total.